The first kappa shape index (κ1) is 14.7. The summed E-state index contributed by atoms with van der Waals surface area (Å²) >= 11 is 1.42. The zero-order chi connectivity index (χ0) is 14.8. The second kappa shape index (κ2) is 5.72. The molecule has 0 saturated heterocycles. The monoisotopic (exact) mass is 303 g/mol. The van der Waals surface area contributed by atoms with Gasteiger partial charge in [0.1, 0.15) is 11.5 Å². The van der Waals surface area contributed by atoms with E-state index in [4.69, 9.17) is 10.5 Å². The molecule has 0 spiro atoms. The molecule has 0 aliphatic carbocycles. The van der Waals surface area contributed by atoms with Crippen LogP contribution in [0.2, 0.25) is 0 Å². The van der Waals surface area contributed by atoms with Gasteiger partial charge < -0.3 is 15.2 Å². The van der Waals surface area contributed by atoms with Crippen molar-refractivity contribution in [3.05, 3.63) is 46.2 Å². The van der Waals surface area contributed by atoms with E-state index in [1.807, 2.05) is 17.5 Å². The number of nitrogens with two attached hydrogens (primary N) is 1. The van der Waals surface area contributed by atoms with E-state index in [1.54, 1.807) is 0 Å². The van der Waals surface area contributed by atoms with Crippen LogP contribution in [0.5, 0.6) is 11.5 Å². The van der Waals surface area contributed by atoms with Gasteiger partial charge in [-0.2, -0.15) is 0 Å². The molecule has 3 nitrogen and oxygen atoms in total. The molecule has 108 valence electrons. The van der Waals surface area contributed by atoms with E-state index in [1.165, 1.54) is 36.6 Å². The number of ether oxygens (including phenoxy) is 2. The highest BCUT2D eigenvalue weighted by Gasteiger charge is 2.31. The molecule has 1 heterocycles. The predicted molar refractivity (Wildman–Crippen MR) is 70.0 cm³/mol. The molecule has 0 aliphatic heterocycles. The lowest BCUT2D eigenvalue weighted by Gasteiger charge is -2.17. The minimum atomic E-state index is -4.74. The number of rotatable bonds is 4. The first-order chi connectivity index (χ1) is 9.40. The Hall–Kier alpha value is -1.73. The fourth-order valence-electron chi connectivity index (χ4n) is 1.77. The van der Waals surface area contributed by atoms with E-state index < -0.39 is 12.4 Å². The van der Waals surface area contributed by atoms with Crippen LogP contribution in [0.3, 0.4) is 0 Å². The highest BCUT2D eigenvalue weighted by atomic mass is 32.1. The van der Waals surface area contributed by atoms with Crippen molar-refractivity contribution in [2.24, 2.45) is 5.73 Å². The van der Waals surface area contributed by atoms with Gasteiger partial charge in [0, 0.05) is 10.4 Å². The lowest BCUT2D eigenvalue weighted by molar-refractivity contribution is -0.274. The van der Waals surface area contributed by atoms with E-state index in [9.17, 15) is 13.2 Å². The molecule has 0 bridgehead atoms. The number of benzene rings is 1. The van der Waals surface area contributed by atoms with Gasteiger partial charge in [0.05, 0.1) is 13.2 Å². The van der Waals surface area contributed by atoms with Crippen LogP contribution in [0.1, 0.15) is 16.5 Å². The Labute approximate surface area is 117 Å². The van der Waals surface area contributed by atoms with Crippen LogP contribution in [-0.2, 0) is 0 Å². The Bertz CT molecular complexity index is 569. The van der Waals surface area contributed by atoms with Crippen molar-refractivity contribution in [2.75, 3.05) is 7.11 Å². The average Bonchev–Trinajstić information content (AvgIpc) is 2.89. The molecule has 0 unspecified atom stereocenters. The van der Waals surface area contributed by atoms with Gasteiger partial charge in [-0.15, -0.1) is 24.5 Å². The fourth-order valence-corrected chi connectivity index (χ4v) is 2.52. The number of halogens is 3. The zero-order valence-electron chi connectivity index (χ0n) is 10.5. The molecule has 0 saturated carbocycles. The molecule has 0 amide bonds. The SMILES string of the molecule is COc1ccc(OC(F)(F)F)cc1[C@H](N)c1cccs1. The number of alkyl halides is 3. The number of methoxy groups -OCH3 is 1. The highest BCUT2D eigenvalue weighted by molar-refractivity contribution is 7.10. The summed E-state index contributed by atoms with van der Waals surface area (Å²) in [5.41, 5.74) is 6.50. The largest absolute Gasteiger partial charge is 0.573 e. The van der Waals surface area contributed by atoms with Crippen molar-refractivity contribution in [3.63, 3.8) is 0 Å². The third-order valence-electron chi connectivity index (χ3n) is 2.62. The Morgan fingerprint density at radius 1 is 1.25 bits per heavy atom. The van der Waals surface area contributed by atoms with Gasteiger partial charge in [-0.25, -0.2) is 0 Å². The van der Waals surface area contributed by atoms with Crippen molar-refractivity contribution in [2.45, 2.75) is 12.4 Å². The first-order valence-corrected chi connectivity index (χ1v) is 6.51. The molecule has 7 heteroatoms. The number of hydrogen-bond donors (Lipinski definition) is 1. The molecule has 1 aromatic heterocycles. The molecule has 0 aliphatic rings. The maximum absolute atomic E-state index is 12.2. The zero-order valence-corrected chi connectivity index (χ0v) is 11.3. The maximum atomic E-state index is 12.2. The van der Waals surface area contributed by atoms with Crippen LogP contribution >= 0.6 is 11.3 Å². The van der Waals surface area contributed by atoms with Gasteiger partial charge in [0.15, 0.2) is 0 Å². The molecular formula is C13H12F3NO2S. The Balaban J connectivity index is 2.36. The van der Waals surface area contributed by atoms with Gasteiger partial charge in [-0.1, -0.05) is 6.07 Å². The summed E-state index contributed by atoms with van der Waals surface area (Å²) in [6, 6.07) is 6.91. The highest BCUT2D eigenvalue weighted by Crippen LogP contribution is 2.34. The van der Waals surface area contributed by atoms with E-state index in [2.05, 4.69) is 4.74 Å². The Morgan fingerprint density at radius 2 is 2.00 bits per heavy atom. The summed E-state index contributed by atoms with van der Waals surface area (Å²) in [5.74, 6) is 0.0979. The molecule has 1 atom stereocenters. The van der Waals surface area contributed by atoms with Crippen molar-refractivity contribution in [3.8, 4) is 11.5 Å². The molecule has 1 aromatic carbocycles. The van der Waals surface area contributed by atoms with Gasteiger partial charge in [-0.05, 0) is 29.6 Å². The molecular weight excluding hydrogens is 291 g/mol. The van der Waals surface area contributed by atoms with Gasteiger partial charge >= 0.3 is 6.36 Å². The quantitative estimate of drug-likeness (QED) is 0.936. The lowest BCUT2D eigenvalue weighted by atomic mass is 10.0. The van der Waals surface area contributed by atoms with Crippen LogP contribution in [0.15, 0.2) is 35.7 Å². The van der Waals surface area contributed by atoms with Crippen LogP contribution < -0.4 is 15.2 Å². The van der Waals surface area contributed by atoms with Crippen LogP contribution in [0, 0.1) is 0 Å². The van der Waals surface area contributed by atoms with Gasteiger partial charge in [-0.3, -0.25) is 0 Å². The normalized spacial score (nSPS) is 13.1. The molecule has 20 heavy (non-hydrogen) atoms. The number of hydrogen-bond acceptors (Lipinski definition) is 4. The van der Waals surface area contributed by atoms with Gasteiger partial charge in [0.25, 0.3) is 0 Å². The second-order valence-corrected chi connectivity index (χ2v) is 4.92. The summed E-state index contributed by atoms with van der Waals surface area (Å²) in [7, 11) is 1.43. The van der Waals surface area contributed by atoms with Crippen molar-refractivity contribution >= 4 is 11.3 Å². The fraction of sp³-hybridized carbons (Fsp3) is 0.231. The Morgan fingerprint density at radius 3 is 2.55 bits per heavy atom. The summed E-state index contributed by atoms with van der Waals surface area (Å²) in [6.07, 6.45) is -4.74. The molecule has 2 N–H and O–H groups in total. The molecule has 0 radical (unpaired) electrons. The first-order valence-electron chi connectivity index (χ1n) is 5.63. The third-order valence-corrected chi connectivity index (χ3v) is 3.57. The van der Waals surface area contributed by atoms with Crippen molar-refractivity contribution < 1.29 is 22.6 Å². The minimum absolute atomic E-state index is 0.319. The minimum Gasteiger partial charge on any atom is -0.496 e. The maximum Gasteiger partial charge on any atom is 0.573 e. The van der Waals surface area contributed by atoms with Crippen LogP contribution in [0.4, 0.5) is 13.2 Å². The van der Waals surface area contributed by atoms with Crippen molar-refractivity contribution in [1.29, 1.82) is 0 Å². The van der Waals surface area contributed by atoms with Crippen molar-refractivity contribution in [1.82, 2.24) is 0 Å². The third kappa shape index (κ3) is 3.43. The molecule has 2 rings (SSSR count). The lowest BCUT2D eigenvalue weighted by Crippen LogP contribution is -2.18. The average molecular weight is 303 g/mol. The standard InChI is InChI=1S/C13H12F3NO2S/c1-18-10-5-4-8(19-13(14,15)16)7-9(10)12(17)11-3-2-6-20-11/h2-7,12H,17H2,1H3/t12-/m0/s1. The van der Waals surface area contributed by atoms with E-state index >= 15 is 0 Å². The summed E-state index contributed by atoms with van der Waals surface area (Å²) < 4.78 is 45.8. The van der Waals surface area contributed by atoms with E-state index in [0.717, 1.165) is 4.88 Å². The van der Waals surface area contributed by atoms with E-state index in [0.29, 0.717) is 11.3 Å². The van der Waals surface area contributed by atoms with Gasteiger partial charge in [0.2, 0.25) is 0 Å². The molecule has 0 fully saturated rings. The smallest absolute Gasteiger partial charge is 0.496 e. The summed E-state index contributed by atoms with van der Waals surface area (Å²) in [5, 5.41) is 1.84. The predicted octanol–water partition coefficient (Wildman–Crippen LogP) is 3.70. The topological polar surface area (TPSA) is 44.5 Å². The second-order valence-electron chi connectivity index (χ2n) is 3.94. The van der Waals surface area contributed by atoms with Crippen LogP contribution in [-0.4, -0.2) is 13.5 Å². The van der Waals surface area contributed by atoms with Crippen LogP contribution in [0.25, 0.3) is 0 Å². The van der Waals surface area contributed by atoms with E-state index in [-0.39, 0.29) is 5.75 Å². The summed E-state index contributed by atoms with van der Waals surface area (Å²) in [6.45, 7) is 0. The number of thiophene rings is 1. The summed E-state index contributed by atoms with van der Waals surface area (Å²) in [4.78, 5) is 0.826. The Kier molecular flexibility index (Phi) is 4.20. The molecule has 2 aromatic rings.